The van der Waals surface area contributed by atoms with Gasteiger partial charge in [-0.3, -0.25) is 9.48 Å². The average molecular weight is 489 g/mol. The summed E-state index contributed by atoms with van der Waals surface area (Å²) in [5, 5.41) is 19.4. The number of nitrogens with zero attached hydrogens (tertiary/aromatic N) is 2. The summed E-state index contributed by atoms with van der Waals surface area (Å²) < 4.78 is 15.9. The Morgan fingerprint density at radius 1 is 1.26 bits per heavy atom. The van der Waals surface area contributed by atoms with Gasteiger partial charge in [0.2, 0.25) is 0 Å². The summed E-state index contributed by atoms with van der Waals surface area (Å²) in [6, 6.07) is 9.67. The van der Waals surface area contributed by atoms with Crippen molar-refractivity contribution in [1.29, 1.82) is 5.41 Å². The first-order valence-electron chi connectivity index (χ1n) is 11.0. The lowest BCUT2D eigenvalue weighted by Gasteiger charge is -2.13. The molecule has 1 amide bonds. The van der Waals surface area contributed by atoms with E-state index in [4.69, 9.17) is 11.1 Å². The minimum Gasteiger partial charge on any atom is -0.398 e. The van der Waals surface area contributed by atoms with Crippen LogP contribution in [0.5, 0.6) is 0 Å². The Morgan fingerprint density at radius 2 is 2.03 bits per heavy atom. The summed E-state index contributed by atoms with van der Waals surface area (Å²) in [5.41, 5.74) is 9.98. The average Bonchev–Trinajstić information content (AvgIpc) is 3.18. The number of aryl methyl sites for hydroxylation is 2. The molecule has 35 heavy (non-hydrogen) atoms. The lowest BCUT2D eigenvalue weighted by molar-refractivity contribution is 0.101. The zero-order valence-electron chi connectivity index (χ0n) is 19.4. The van der Waals surface area contributed by atoms with E-state index in [0.717, 1.165) is 6.16 Å². The molecule has 9 heteroatoms. The molecule has 7 nitrogen and oxygen atoms in total. The van der Waals surface area contributed by atoms with E-state index in [1.165, 1.54) is 22.1 Å². The zero-order valence-corrected chi connectivity index (χ0v) is 20.4. The Hall–Kier alpha value is -4.03. The van der Waals surface area contributed by atoms with Crippen LogP contribution in [0.25, 0.3) is 0 Å². The number of allylic oxidation sites excluding steroid dienone is 6. The van der Waals surface area contributed by atoms with Crippen LogP contribution in [0.15, 0.2) is 78.3 Å². The lowest BCUT2D eigenvalue weighted by Crippen LogP contribution is -2.18. The number of rotatable bonds is 7. The molecule has 1 aliphatic heterocycles. The summed E-state index contributed by atoms with van der Waals surface area (Å²) in [4.78, 5) is 12.6. The SMILES string of the molecule is Cc1cnn(C)c1C(=O)Nc1cc(Nc2ccc(C(=N)/C=C/C3=CC=CCP3)c(N)c2)ccc1F. The van der Waals surface area contributed by atoms with Gasteiger partial charge < -0.3 is 21.8 Å². The fourth-order valence-electron chi connectivity index (χ4n) is 3.66. The zero-order chi connectivity index (χ0) is 24.9. The van der Waals surface area contributed by atoms with Crippen molar-refractivity contribution in [3.8, 4) is 0 Å². The van der Waals surface area contributed by atoms with Crippen molar-refractivity contribution in [1.82, 2.24) is 9.78 Å². The number of anilines is 4. The highest BCUT2D eigenvalue weighted by atomic mass is 31.1. The van der Waals surface area contributed by atoms with Crippen LogP contribution in [-0.2, 0) is 7.05 Å². The van der Waals surface area contributed by atoms with Gasteiger partial charge in [0.05, 0.1) is 17.6 Å². The number of carbonyl (C=O) groups excluding carboxylic acids is 1. The second-order valence-electron chi connectivity index (χ2n) is 8.05. The molecule has 4 rings (SSSR count). The van der Waals surface area contributed by atoms with Crippen molar-refractivity contribution >= 4 is 42.9 Å². The van der Waals surface area contributed by atoms with E-state index in [-0.39, 0.29) is 5.69 Å². The molecule has 2 aromatic carbocycles. The Labute approximate surface area is 204 Å². The van der Waals surface area contributed by atoms with Crippen molar-refractivity contribution in [3.63, 3.8) is 0 Å². The van der Waals surface area contributed by atoms with Crippen LogP contribution in [0.3, 0.4) is 0 Å². The summed E-state index contributed by atoms with van der Waals surface area (Å²) in [7, 11) is 2.37. The number of carbonyl (C=O) groups is 1. The van der Waals surface area contributed by atoms with Gasteiger partial charge in [0.15, 0.2) is 0 Å². The maximum Gasteiger partial charge on any atom is 0.274 e. The van der Waals surface area contributed by atoms with Crippen molar-refractivity contribution in [2.75, 3.05) is 22.5 Å². The third kappa shape index (κ3) is 5.73. The third-order valence-electron chi connectivity index (χ3n) is 5.45. The highest BCUT2D eigenvalue weighted by Gasteiger charge is 2.16. The van der Waals surface area contributed by atoms with E-state index >= 15 is 0 Å². The van der Waals surface area contributed by atoms with Gasteiger partial charge in [-0.05, 0) is 66.4 Å². The Bertz CT molecular complexity index is 1370. The Kier molecular flexibility index (Phi) is 7.22. The first kappa shape index (κ1) is 24.1. The van der Waals surface area contributed by atoms with Crippen molar-refractivity contribution in [2.24, 2.45) is 7.05 Å². The van der Waals surface area contributed by atoms with Crippen LogP contribution >= 0.6 is 8.58 Å². The van der Waals surface area contributed by atoms with Gasteiger partial charge in [-0.2, -0.15) is 5.10 Å². The molecule has 2 heterocycles. The molecule has 0 saturated heterocycles. The quantitative estimate of drug-likeness (QED) is 0.200. The van der Waals surface area contributed by atoms with Crippen LogP contribution in [0.1, 0.15) is 21.6 Å². The predicted octanol–water partition coefficient (Wildman–Crippen LogP) is 5.50. The fourth-order valence-corrected chi connectivity index (χ4v) is 4.56. The monoisotopic (exact) mass is 488 g/mol. The number of nitrogens with one attached hydrogen (secondary N) is 3. The molecule has 0 spiro atoms. The molecule has 178 valence electrons. The molecule has 3 aromatic rings. The molecule has 0 bridgehead atoms. The van der Waals surface area contributed by atoms with Gasteiger partial charge in [0.25, 0.3) is 5.91 Å². The first-order valence-corrected chi connectivity index (χ1v) is 12.2. The fraction of sp³-hybridized carbons (Fsp3) is 0.115. The summed E-state index contributed by atoms with van der Waals surface area (Å²) >= 11 is 0. The number of halogens is 1. The number of hydrogen-bond donors (Lipinski definition) is 4. The maximum atomic E-state index is 14.4. The van der Waals surface area contributed by atoms with E-state index in [2.05, 4.69) is 27.9 Å². The minimum absolute atomic E-state index is 0.0460. The highest BCUT2D eigenvalue weighted by molar-refractivity contribution is 7.43. The van der Waals surface area contributed by atoms with E-state index in [1.54, 1.807) is 50.5 Å². The van der Waals surface area contributed by atoms with Gasteiger partial charge >= 0.3 is 0 Å². The number of aromatic nitrogens is 2. The van der Waals surface area contributed by atoms with Crippen molar-refractivity contribution < 1.29 is 9.18 Å². The molecule has 1 unspecified atom stereocenters. The molecular formula is C26H26FN6OP. The lowest BCUT2D eigenvalue weighted by atomic mass is 10.1. The van der Waals surface area contributed by atoms with E-state index in [0.29, 0.717) is 48.2 Å². The van der Waals surface area contributed by atoms with Crippen LogP contribution in [0, 0.1) is 18.2 Å². The third-order valence-corrected chi connectivity index (χ3v) is 6.63. The van der Waals surface area contributed by atoms with E-state index in [9.17, 15) is 9.18 Å². The molecule has 0 saturated carbocycles. The normalized spacial score (nSPS) is 13.7. The van der Waals surface area contributed by atoms with Crippen LogP contribution in [0.4, 0.5) is 27.1 Å². The minimum atomic E-state index is -0.553. The van der Waals surface area contributed by atoms with E-state index < -0.39 is 11.7 Å². The molecule has 1 atom stereocenters. The molecule has 1 aliphatic rings. The van der Waals surface area contributed by atoms with Gasteiger partial charge in [0.1, 0.15) is 11.5 Å². The predicted molar refractivity (Wildman–Crippen MR) is 143 cm³/mol. The van der Waals surface area contributed by atoms with E-state index in [1.807, 2.05) is 12.2 Å². The van der Waals surface area contributed by atoms with Gasteiger partial charge in [-0.1, -0.05) is 32.9 Å². The van der Waals surface area contributed by atoms with Crippen LogP contribution in [0.2, 0.25) is 0 Å². The molecule has 0 radical (unpaired) electrons. The van der Waals surface area contributed by atoms with Crippen molar-refractivity contribution in [3.05, 3.63) is 101 Å². The molecule has 0 fully saturated rings. The number of amides is 1. The number of nitrogen functional groups attached to an aromatic ring is 1. The maximum absolute atomic E-state index is 14.4. The molecule has 1 aromatic heterocycles. The number of hydrogen-bond acceptors (Lipinski definition) is 5. The molecule has 0 aliphatic carbocycles. The number of benzene rings is 2. The molecular weight excluding hydrogens is 462 g/mol. The Balaban J connectivity index is 1.47. The highest BCUT2D eigenvalue weighted by Crippen LogP contribution is 2.29. The van der Waals surface area contributed by atoms with Crippen molar-refractivity contribution in [2.45, 2.75) is 6.92 Å². The van der Waals surface area contributed by atoms with Crippen LogP contribution in [-0.4, -0.2) is 27.6 Å². The Morgan fingerprint density at radius 3 is 2.71 bits per heavy atom. The second kappa shape index (κ2) is 10.5. The van der Waals surface area contributed by atoms with Gasteiger partial charge in [-0.15, -0.1) is 0 Å². The summed E-state index contributed by atoms with van der Waals surface area (Å²) in [5.74, 6) is -0.998. The number of nitrogens with two attached hydrogens (primary N) is 1. The topological polar surface area (TPSA) is 109 Å². The summed E-state index contributed by atoms with van der Waals surface area (Å²) in [6.45, 7) is 1.77. The van der Waals surface area contributed by atoms with Gasteiger partial charge in [-0.25, -0.2) is 4.39 Å². The molecule has 5 N–H and O–H groups in total. The first-order chi connectivity index (χ1) is 16.8. The largest absolute Gasteiger partial charge is 0.398 e. The smallest absolute Gasteiger partial charge is 0.274 e. The van der Waals surface area contributed by atoms with Crippen LogP contribution < -0.4 is 16.4 Å². The van der Waals surface area contributed by atoms with Gasteiger partial charge in [0, 0.05) is 29.7 Å². The summed E-state index contributed by atoms with van der Waals surface area (Å²) in [6.07, 6.45) is 12.5. The second-order valence-corrected chi connectivity index (χ2v) is 9.39. The standard InChI is InChI=1S/C26H26FN6OP/c1-16-15-30-33(2)25(16)26(34)32-24-14-18(7-10-21(24)27)31-17-6-9-20(23(29)13-17)22(28)11-8-19-5-3-4-12-35-19/h3-11,13-15,28,31,35H,12,29H2,1-2H3,(H,32,34)/b11-8+,28-22?.